The van der Waals surface area contributed by atoms with Gasteiger partial charge >= 0.3 is 0 Å². The topological polar surface area (TPSA) is 90.6 Å². The van der Waals surface area contributed by atoms with Gasteiger partial charge in [-0.2, -0.15) is 0 Å². The molecule has 1 saturated heterocycles. The Hall–Kier alpha value is -3.19. The third kappa shape index (κ3) is 3.73. The Kier molecular flexibility index (Phi) is 5.07. The van der Waals surface area contributed by atoms with E-state index in [1.807, 2.05) is 31.2 Å². The lowest BCUT2D eigenvalue weighted by molar-refractivity contribution is 0.311. The maximum atomic E-state index is 12.6. The van der Waals surface area contributed by atoms with Crippen molar-refractivity contribution >= 4 is 28.8 Å². The van der Waals surface area contributed by atoms with E-state index in [2.05, 4.69) is 32.9 Å². The minimum Gasteiger partial charge on any atom is -0.398 e. The van der Waals surface area contributed by atoms with E-state index in [0.29, 0.717) is 16.9 Å². The monoisotopic (exact) mass is 390 g/mol. The van der Waals surface area contributed by atoms with Gasteiger partial charge in [0, 0.05) is 50.7 Å². The fourth-order valence-corrected chi connectivity index (χ4v) is 3.71. The van der Waals surface area contributed by atoms with Gasteiger partial charge in [0.2, 0.25) is 5.95 Å². The number of aromatic amines is 1. The van der Waals surface area contributed by atoms with Crippen LogP contribution in [0, 0.1) is 6.92 Å². The van der Waals surface area contributed by atoms with E-state index in [0.717, 1.165) is 54.1 Å². The first kappa shape index (κ1) is 19.1. The average Bonchev–Trinajstić information content (AvgIpc) is 2.71. The molecule has 2 aromatic carbocycles. The van der Waals surface area contributed by atoms with Gasteiger partial charge in [-0.3, -0.25) is 14.8 Å². The Balaban J connectivity index is 1.79. The lowest BCUT2D eigenvalue weighted by Gasteiger charge is -2.32. The van der Waals surface area contributed by atoms with Gasteiger partial charge in [0.05, 0.1) is 10.9 Å². The summed E-state index contributed by atoms with van der Waals surface area (Å²) in [4.78, 5) is 28.8. The molecule has 1 aromatic heterocycles. The minimum absolute atomic E-state index is 0.109. The van der Waals surface area contributed by atoms with Crippen LogP contribution in [-0.2, 0) is 0 Å². The first-order valence-corrected chi connectivity index (χ1v) is 9.76. The number of aryl methyl sites for hydroxylation is 1. The molecule has 29 heavy (non-hydrogen) atoms. The van der Waals surface area contributed by atoms with Crippen molar-refractivity contribution in [3.05, 3.63) is 51.8 Å². The number of nitrogens with one attached hydrogen (secondary N) is 1. The molecule has 7 nitrogen and oxygen atoms in total. The second kappa shape index (κ2) is 7.67. The first-order valence-electron chi connectivity index (χ1n) is 9.76. The van der Waals surface area contributed by atoms with Crippen molar-refractivity contribution in [3.63, 3.8) is 0 Å². The number of aliphatic imine (C=N–C) groups is 1. The summed E-state index contributed by atoms with van der Waals surface area (Å²) in [6, 6.07) is 9.83. The third-order valence-electron chi connectivity index (χ3n) is 5.52. The Morgan fingerprint density at radius 3 is 2.62 bits per heavy atom. The quantitative estimate of drug-likeness (QED) is 0.529. The number of hydrogen-bond acceptors (Lipinski definition) is 6. The predicted octanol–water partition coefficient (Wildman–Crippen LogP) is 2.28. The highest BCUT2D eigenvalue weighted by atomic mass is 16.1. The van der Waals surface area contributed by atoms with Crippen molar-refractivity contribution in [2.75, 3.05) is 50.9 Å². The SMILES string of the molecule is CN=Cc1cc(-c2ccc3c(=O)[nH]c(N4CCN(C)CC4)nc3c2)cc(C)c1N. The van der Waals surface area contributed by atoms with Crippen LogP contribution in [-0.4, -0.2) is 61.4 Å². The highest BCUT2D eigenvalue weighted by Crippen LogP contribution is 2.28. The molecule has 0 unspecified atom stereocenters. The van der Waals surface area contributed by atoms with Crippen molar-refractivity contribution in [2.24, 2.45) is 4.99 Å². The number of nitrogens with zero attached hydrogens (tertiary/aromatic N) is 4. The maximum absolute atomic E-state index is 12.6. The number of piperazine rings is 1. The summed E-state index contributed by atoms with van der Waals surface area (Å²) in [6.07, 6.45) is 1.77. The molecule has 3 aromatic rings. The molecule has 1 fully saturated rings. The molecule has 0 radical (unpaired) electrons. The number of H-pyrrole nitrogens is 1. The summed E-state index contributed by atoms with van der Waals surface area (Å²) in [5.41, 5.74) is 11.4. The number of likely N-dealkylation sites (N-methyl/N-ethyl adjacent to an activating group) is 1. The van der Waals surface area contributed by atoms with Crippen LogP contribution in [0.15, 0.2) is 40.1 Å². The zero-order chi connectivity index (χ0) is 20.5. The third-order valence-corrected chi connectivity index (χ3v) is 5.52. The molecule has 0 amide bonds. The van der Waals surface area contributed by atoms with Crippen LogP contribution in [0.5, 0.6) is 0 Å². The van der Waals surface area contributed by atoms with E-state index in [-0.39, 0.29) is 5.56 Å². The number of rotatable bonds is 3. The minimum atomic E-state index is -0.109. The Morgan fingerprint density at radius 1 is 1.14 bits per heavy atom. The first-order chi connectivity index (χ1) is 14.0. The van der Waals surface area contributed by atoms with E-state index in [9.17, 15) is 4.79 Å². The van der Waals surface area contributed by atoms with Gasteiger partial charge in [0.15, 0.2) is 0 Å². The molecule has 0 bridgehead atoms. The zero-order valence-corrected chi connectivity index (χ0v) is 17.1. The van der Waals surface area contributed by atoms with Crippen LogP contribution in [0.3, 0.4) is 0 Å². The number of benzene rings is 2. The fourth-order valence-electron chi connectivity index (χ4n) is 3.71. The van der Waals surface area contributed by atoms with Crippen LogP contribution in [0.2, 0.25) is 0 Å². The van der Waals surface area contributed by atoms with Crippen molar-refractivity contribution in [2.45, 2.75) is 6.92 Å². The predicted molar refractivity (Wildman–Crippen MR) is 120 cm³/mol. The second-order valence-corrected chi connectivity index (χ2v) is 7.60. The van der Waals surface area contributed by atoms with Crippen LogP contribution < -0.4 is 16.2 Å². The van der Waals surface area contributed by atoms with Gasteiger partial charge in [-0.05, 0) is 54.9 Å². The number of hydrogen-bond donors (Lipinski definition) is 2. The standard InChI is InChI=1S/C22H26N6O/c1-14-10-16(11-17(13-24-2)20(14)23)15-4-5-18-19(12-15)25-22(26-21(18)29)28-8-6-27(3)7-9-28/h4-5,10-13H,6-9,23H2,1-3H3,(H,25,26,29). The molecule has 0 aliphatic carbocycles. The van der Waals surface area contributed by atoms with E-state index in [4.69, 9.17) is 10.7 Å². The molecule has 3 N–H and O–H groups in total. The summed E-state index contributed by atoms with van der Waals surface area (Å²) >= 11 is 0. The average molecular weight is 390 g/mol. The number of fused-ring (bicyclic) bond motifs is 1. The molecule has 1 aliphatic rings. The largest absolute Gasteiger partial charge is 0.398 e. The normalized spacial score (nSPS) is 15.5. The van der Waals surface area contributed by atoms with Gasteiger partial charge < -0.3 is 15.5 Å². The van der Waals surface area contributed by atoms with Crippen molar-refractivity contribution in [3.8, 4) is 11.1 Å². The summed E-state index contributed by atoms with van der Waals surface area (Å²) in [6.45, 7) is 5.59. The van der Waals surface area contributed by atoms with Crippen LogP contribution in [0.25, 0.3) is 22.0 Å². The molecule has 1 aliphatic heterocycles. The van der Waals surface area contributed by atoms with Gasteiger partial charge in [0.25, 0.3) is 5.56 Å². The molecule has 7 heteroatoms. The Bertz CT molecular complexity index is 1140. The highest BCUT2D eigenvalue weighted by Gasteiger charge is 2.17. The number of nitrogens with two attached hydrogens (primary N) is 1. The molecular formula is C22H26N6O. The van der Waals surface area contributed by atoms with E-state index >= 15 is 0 Å². The molecule has 2 heterocycles. The fraction of sp³-hybridized carbons (Fsp3) is 0.318. The van der Waals surface area contributed by atoms with Gasteiger partial charge in [0.1, 0.15) is 0 Å². The lowest BCUT2D eigenvalue weighted by Crippen LogP contribution is -2.45. The van der Waals surface area contributed by atoms with Crippen LogP contribution in [0.4, 0.5) is 11.6 Å². The van der Waals surface area contributed by atoms with E-state index in [1.165, 1.54) is 0 Å². The van der Waals surface area contributed by atoms with E-state index < -0.39 is 0 Å². The van der Waals surface area contributed by atoms with Crippen LogP contribution >= 0.6 is 0 Å². The molecule has 0 saturated carbocycles. The maximum Gasteiger partial charge on any atom is 0.260 e. The highest BCUT2D eigenvalue weighted by molar-refractivity contribution is 5.92. The molecular weight excluding hydrogens is 364 g/mol. The molecule has 0 atom stereocenters. The zero-order valence-electron chi connectivity index (χ0n) is 17.1. The molecule has 0 spiro atoms. The Labute approximate surface area is 169 Å². The second-order valence-electron chi connectivity index (χ2n) is 7.60. The molecule has 150 valence electrons. The molecule has 4 rings (SSSR count). The van der Waals surface area contributed by atoms with Gasteiger partial charge in [-0.15, -0.1) is 0 Å². The van der Waals surface area contributed by atoms with Gasteiger partial charge in [-0.1, -0.05) is 6.07 Å². The van der Waals surface area contributed by atoms with Crippen molar-refractivity contribution in [1.29, 1.82) is 0 Å². The number of aromatic nitrogens is 2. The van der Waals surface area contributed by atoms with Crippen LogP contribution in [0.1, 0.15) is 11.1 Å². The summed E-state index contributed by atoms with van der Waals surface area (Å²) in [5.74, 6) is 0.639. The van der Waals surface area contributed by atoms with Crippen molar-refractivity contribution < 1.29 is 0 Å². The summed E-state index contributed by atoms with van der Waals surface area (Å²) in [5, 5.41) is 0.592. The summed E-state index contributed by atoms with van der Waals surface area (Å²) in [7, 11) is 3.83. The van der Waals surface area contributed by atoms with Gasteiger partial charge in [-0.25, -0.2) is 4.98 Å². The summed E-state index contributed by atoms with van der Waals surface area (Å²) < 4.78 is 0. The Morgan fingerprint density at radius 2 is 1.90 bits per heavy atom. The smallest absolute Gasteiger partial charge is 0.260 e. The number of anilines is 2. The van der Waals surface area contributed by atoms with E-state index in [1.54, 1.807) is 13.3 Å². The lowest BCUT2D eigenvalue weighted by atomic mass is 9.98. The number of nitrogen functional groups attached to an aromatic ring is 1. The van der Waals surface area contributed by atoms with Crippen molar-refractivity contribution in [1.82, 2.24) is 14.9 Å².